The maximum atomic E-state index is 13.1. The first kappa shape index (κ1) is 20.3. The molecule has 146 valence electrons. The summed E-state index contributed by atoms with van der Waals surface area (Å²) < 4.78 is 50.2. The van der Waals surface area contributed by atoms with Crippen LogP contribution in [0.4, 0.5) is 13.2 Å². The van der Waals surface area contributed by atoms with Crippen molar-refractivity contribution >= 4 is 22.8 Å². The third kappa shape index (κ3) is 5.25. The topological polar surface area (TPSA) is 60.8 Å². The smallest absolute Gasteiger partial charge is 0.407 e. The van der Waals surface area contributed by atoms with Gasteiger partial charge in [0.15, 0.2) is 5.57 Å². The Bertz CT molecular complexity index is 822. The molecule has 0 fully saturated rings. The molecule has 0 saturated carbocycles. The van der Waals surface area contributed by atoms with Gasteiger partial charge in [-0.3, -0.25) is 9.69 Å². The Labute approximate surface area is 153 Å². The van der Waals surface area contributed by atoms with Gasteiger partial charge in [0, 0.05) is 17.8 Å². The summed E-state index contributed by atoms with van der Waals surface area (Å²) in [7, 11) is 0. The number of aromatic nitrogens is 1. The minimum Gasteiger partial charge on any atom is -0.462 e. The van der Waals surface area contributed by atoms with Crippen LogP contribution in [-0.2, 0) is 19.1 Å². The minimum atomic E-state index is -4.59. The molecule has 0 radical (unpaired) electrons. The number of hydrogen-bond donors (Lipinski definition) is 0. The van der Waals surface area contributed by atoms with Gasteiger partial charge in [0.1, 0.15) is 6.54 Å². The van der Waals surface area contributed by atoms with E-state index in [1.165, 1.54) is 24.7 Å². The molecule has 0 amide bonds. The molecule has 1 heterocycles. The van der Waals surface area contributed by atoms with Gasteiger partial charge in [-0.15, -0.1) is 0 Å². The van der Waals surface area contributed by atoms with E-state index in [0.717, 1.165) is 11.2 Å². The van der Waals surface area contributed by atoms with Gasteiger partial charge in [-0.1, -0.05) is 18.2 Å². The van der Waals surface area contributed by atoms with E-state index in [9.17, 15) is 22.8 Å². The Hall–Kier alpha value is -2.97. The Kier molecular flexibility index (Phi) is 6.49. The van der Waals surface area contributed by atoms with Gasteiger partial charge >= 0.3 is 18.1 Å². The van der Waals surface area contributed by atoms with Crippen molar-refractivity contribution in [2.75, 3.05) is 24.8 Å². The van der Waals surface area contributed by atoms with Crippen molar-refractivity contribution in [1.29, 1.82) is 0 Å². The Morgan fingerprint density at radius 1 is 1.07 bits per heavy atom. The van der Waals surface area contributed by atoms with E-state index >= 15 is 0 Å². The van der Waals surface area contributed by atoms with Gasteiger partial charge in [-0.25, -0.2) is 9.59 Å². The van der Waals surface area contributed by atoms with Crippen LogP contribution in [0.3, 0.4) is 0 Å². The van der Waals surface area contributed by atoms with Crippen molar-refractivity contribution in [3.63, 3.8) is 0 Å². The van der Waals surface area contributed by atoms with Gasteiger partial charge in [-0.05, 0) is 26.0 Å². The van der Waals surface area contributed by atoms with Gasteiger partial charge < -0.3 is 9.47 Å². The van der Waals surface area contributed by atoms with E-state index in [2.05, 4.69) is 0 Å². The zero-order valence-electron chi connectivity index (χ0n) is 14.8. The maximum Gasteiger partial charge on any atom is 0.407 e. The number of benzene rings is 1. The molecule has 27 heavy (non-hydrogen) atoms. The second kappa shape index (κ2) is 8.61. The molecule has 0 saturated heterocycles. The molecule has 2 aromatic rings. The number of ether oxygens (including phenoxy) is 2. The quantitative estimate of drug-likeness (QED) is 0.318. The number of nitrogens with zero attached hydrogens (tertiary/aromatic N) is 2. The molecule has 0 aliphatic carbocycles. The van der Waals surface area contributed by atoms with Crippen molar-refractivity contribution in [2.24, 2.45) is 0 Å². The molecule has 0 atom stereocenters. The van der Waals surface area contributed by atoms with E-state index in [1.807, 2.05) is 0 Å². The first-order valence-corrected chi connectivity index (χ1v) is 8.22. The molecule has 6 nitrogen and oxygen atoms in total. The fraction of sp³-hybridized carbons (Fsp3) is 0.333. The summed E-state index contributed by atoms with van der Waals surface area (Å²) in [6.07, 6.45) is -2.37. The summed E-state index contributed by atoms with van der Waals surface area (Å²) >= 11 is 0. The number of halogens is 3. The van der Waals surface area contributed by atoms with Crippen LogP contribution in [0.25, 0.3) is 10.9 Å². The highest BCUT2D eigenvalue weighted by atomic mass is 19.4. The van der Waals surface area contributed by atoms with Crippen LogP contribution in [0.1, 0.15) is 13.8 Å². The van der Waals surface area contributed by atoms with Crippen LogP contribution in [0.15, 0.2) is 48.3 Å². The van der Waals surface area contributed by atoms with Crippen LogP contribution < -0.4 is 5.01 Å². The number of fused-ring (bicyclic) bond motifs is 1. The summed E-state index contributed by atoms with van der Waals surface area (Å²) in [4.78, 5) is 24.2. The summed E-state index contributed by atoms with van der Waals surface area (Å²) in [6, 6.07) is 8.41. The lowest BCUT2D eigenvalue weighted by molar-refractivity contribution is -0.146. The van der Waals surface area contributed by atoms with E-state index < -0.39 is 30.2 Å². The van der Waals surface area contributed by atoms with E-state index in [0.29, 0.717) is 10.9 Å². The molecule has 0 spiro atoms. The highest BCUT2D eigenvalue weighted by Crippen LogP contribution is 2.21. The number of alkyl halides is 3. The Morgan fingerprint density at radius 2 is 1.67 bits per heavy atom. The summed E-state index contributed by atoms with van der Waals surface area (Å²) in [6.45, 7) is 1.54. The summed E-state index contributed by atoms with van der Waals surface area (Å²) in [5.41, 5.74) is -0.147. The molecule has 1 aromatic carbocycles. The first-order chi connectivity index (χ1) is 12.8. The predicted molar refractivity (Wildman–Crippen MR) is 92.4 cm³/mol. The molecule has 1 aromatic heterocycles. The summed E-state index contributed by atoms with van der Waals surface area (Å²) in [5.74, 6) is -2.11. The third-order valence-electron chi connectivity index (χ3n) is 3.47. The van der Waals surface area contributed by atoms with Crippen LogP contribution in [0, 0.1) is 0 Å². The molecule has 0 aliphatic rings. The number of esters is 2. The van der Waals surface area contributed by atoms with Crippen LogP contribution in [-0.4, -0.2) is 42.5 Å². The van der Waals surface area contributed by atoms with Crippen LogP contribution in [0.5, 0.6) is 0 Å². The SMILES string of the molecule is CCOC(=O)C(=CN(CC(F)(F)F)n1ccc2ccccc21)C(=O)OCC. The fourth-order valence-corrected chi connectivity index (χ4v) is 2.42. The van der Waals surface area contributed by atoms with Gasteiger partial charge in [0.05, 0.1) is 18.7 Å². The van der Waals surface area contributed by atoms with E-state index in [4.69, 9.17) is 9.47 Å². The van der Waals surface area contributed by atoms with Gasteiger partial charge in [0.2, 0.25) is 0 Å². The van der Waals surface area contributed by atoms with Crippen molar-refractivity contribution in [1.82, 2.24) is 4.68 Å². The average Bonchev–Trinajstić information content (AvgIpc) is 3.02. The molecular weight excluding hydrogens is 365 g/mol. The normalized spacial score (nSPS) is 11.1. The van der Waals surface area contributed by atoms with Crippen molar-refractivity contribution in [3.05, 3.63) is 48.3 Å². The lowest BCUT2D eigenvalue weighted by Gasteiger charge is -2.25. The third-order valence-corrected chi connectivity index (χ3v) is 3.47. The largest absolute Gasteiger partial charge is 0.462 e. The zero-order valence-corrected chi connectivity index (χ0v) is 14.8. The second-order valence-electron chi connectivity index (χ2n) is 5.42. The Morgan fingerprint density at radius 3 is 2.22 bits per heavy atom. The van der Waals surface area contributed by atoms with Gasteiger partial charge in [0.25, 0.3) is 0 Å². The number of hydrogen-bond acceptors (Lipinski definition) is 5. The second-order valence-corrected chi connectivity index (χ2v) is 5.42. The number of para-hydroxylation sites is 1. The highest BCUT2D eigenvalue weighted by molar-refractivity contribution is 6.14. The van der Waals surface area contributed by atoms with Crippen molar-refractivity contribution < 1.29 is 32.2 Å². The van der Waals surface area contributed by atoms with Crippen molar-refractivity contribution in [3.8, 4) is 0 Å². The Balaban J connectivity index is 2.55. The standard InChI is InChI=1S/C18H19F3N2O4/c1-3-26-16(24)14(17(25)27-4-2)11-22(12-18(19,20)21)23-10-9-13-7-5-6-8-15(13)23/h5-11H,3-4,12H2,1-2H3. The molecular formula is C18H19F3N2O4. The maximum absolute atomic E-state index is 13.1. The van der Waals surface area contributed by atoms with Crippen molar-refractivity contribution in [2.45, 2.75) is 20.0 Å². The molecule has 0 N–H and O–H groups in total. The lowest BCUT2D eigenvalue weighted by atomic mass is 10.2. The predicted octanol–water partition coefficient (Wildman–Crippen LogP) is 3.15. The first-order valence-electron chi connectivity index (χ1n) is 8.22. The molecule has 9 heteroatoms. The van der Waals surface area contributed by atoms with Crippen LogP contribution >= 0.6 is 0 Å². The van der Waals surface area contributed by atoms with Crippen LogP contribution in [0.2, 0.25) is 0 Å². The average molecular weight is 384 g/mol. The van der Waals surface area contributed by atoms with E-state index in [-0.39, 0.29) is 13.2 Å². The fourth-order valence-electron chi connectivity index (χ4n) is 2.42. The molecule has 0 unspecified atom stereocenters. The number of rotatable bonds is 7. The molecule has 2 rings (SSSR count). The molecule has 0 aliphatic heterocycles. The highest BCUT2D eigenvalue weighted by Gasteiger charge is 2.33. The zero-order chi connectivity index (χ0) is 20.0. The molecule has 0 bridgehead atoms. The lowest BCUT2D eigenvalue weighted by Crippen LogP contribution is -2.39. The summed E-state index contributed by atoms with van der Waals surface area (Å²) in [5, 5.41) is 1.43. The number of carbonyl (C=O) groups is 2. The van der Waals surface area contributed by atoms with E-state index in [1.54, 1.807) is 30.3 Å². The van der Waals surface area contributed by atoms with Gasteiger partial charge in [-0.2, -0.15) is 13.2 Å². The number of carbonyl (C=O) groups excluding carboxylic acids is 2. The minimum absolute atomic E-state index is 0.0404. The monoisotopic (exact) mass is 384 g/mol.